The Morgan fingerprint density at radius 3 is 2.33 bits per heavy atom. The smallest absolute Gasteiger partial charge is 0.125 e. The van der Waals surface area contributed by atoms with Crippen LogP contribution in [0, 0.1) is 13.8 Å². The Bertz CT molecular complexity index is 623. The molecule has 1 saturated carbocycles. The number of aryl methyl sites for hydroxylation is 2. The van der Waals surface area contributed by atoms with Crippen LogP contribution < -0.4 is 9.47 Å². The third kappa shape index (κ3) is 6.90. The molecule has 0 aliphatic heterocycles. The minimum atomic E-state index is 0.241. The third-order valence-electron chi connectivity index (χ3n) is 4.70. The van der Waals surface area contributed by atoms with Crippen molar-refractivity contribution in [1.82, 2.24) is 0 Å². The Balaban J connectivity index is 1.85. The molecule has 0 bridgehead atoms. The van der Waals surface area contributed by atoms with Gasteiger partial charge in [-0.3, -0.25) is 0 Å². The van der Waals surface area contributed by atoms with Crippen LogP contribution in [-0.4, -0.2) is 38.2 Å². The van der Waals surface area contributed by atoms with E-state index in [0.717, 1.165) is 54.0 Å². The zero-order valence-corrected chi connectivity index (χ0v) is 17.3. The summed E-state index contributed by atoms with van der Waals surface area (Å²) in [5.41, 5.74) is 3.10. The van der Waals surface area contributed by atoms with E-state index >= 15 is 0 Å². The molecular weight excluding hydrogens is 342 g/mol. The fraction of sp³-hybridized carbons (Fsp3) is 0.591. The number of hydrogen-bond donors (Lipinski definition) is 0. The molecule has 1 aliphatic carbocycles. The molecule has 0 atom stereocenters. The summed E-state index contributed by atoms with van der Waals surface area (Å²) in [7, 11) is 1.55. The first kappa shape index (κ1) is 21.3. The van der Waals surface area contributed by atoms with Crippen molar-refractivity contribution in [2.24, 2.45) is 5.16 Å². The Hall–Kier alpha value is -2.01. The number of ether oxygens (including phenoxy) is 3. The summed E-state index contributed by atoms with van der Waals surface area (Å²) in [5.74, 6) is 1.88. The summed E-state index contributed by atoms with van der Waals surface area (Å²) in [4.78, 5) is 4.76. The maximum atomic E-state index is 6.34. The maximum absolute atomic E-state index is 6.34. The molecule has 27 heavy (non-hydrogen) atoms. The average molecular weight is 376 g/mol. The minimum absolute atomic E-state index is 0.241. The van der Waals surface area contributed by atoms with Crippen LogP contribution in [0.1, 0.15) is 50.7 Å². The van der Waals surface area contributed by atoms with Gasteiger partial charge in [0.15, 0.2) is 0 Å². The van der Waals surface area contributed by atoms with Crippen molar-refractivity contribution in [3.05, 3.63) is 35.4 Å². The largest absolute Gasteiger partial charge is 0.490 e. The van der Waals surface area contributed by atoms with E-state index < -0.39 is 0 Å². The van der Waals surface area contributed by atoms with Gasteiger partial charge in [0.1, 0.15) is 25.2 Å². The van der Waals surface area contributed by atoms with Crippen molar-refractivity contribution in [2.75, 3.05) is 20.3 Å². The molecule has 0 spiro atoms. The number of hydrogen-bond acceptors (Lipinski definition) is 5. The number of rotatable bonds is 9. The molecule has 1 fully saturated rings. The highest BCUT2D eigenvalue weighted by Crippen LogP contribution is 2.32. The maximum Gasteiger partial charge on any atom is 0.125 e. The Morgan fingerprint density at radius 2 is 1.74 bits per heavy atom. The van der Waals surface area contributed by atoms with Gasteiger partial charge < -0.3 is 19.0 Å². The van der Waals surface area contributed by atoms with Crippen LogP contribution in [0.5, 0.6) is 11.5 Å². The van der Waals surface area contributed by atoms with E-state index in [-0.39, 0.29) is 12.2 Å². The average Bonchev–Trinajstić information content (AvgIpc) is 2.64. The standard InChI is InChI=1S/C22H33NO4/c1-6-7-12-25-21-13-16(2)22(17(3)14-21)27-20-10-8-19(9-11-20)26-15-18(4)23-24-5/h6-7,13-14,19-20H,8-12,15H2,1-5H3/b7-6+,23-18+. The Morgan fingerprint density at radius 1 is 1.11 bits per heavy atom. The molecule has 1 aromatic rings. The van der Waals surface area contributed by atoms with E-state index in [0.29, 0.717) is 13.2 Å². The van der Waals surface area contributed by atoms with Crippen LogP contribution in [0.25, 0.3) is 0 Å². The van der Waals surface area contributed by atoms with Crippen molar-refractivity contribution in [2.45, 2.75) is 65.6 Å². The second-order valence-electron chi connectivity index (χ2n) is 7.10. The fourth-order valence-electron chi connectivity index (χ4n) is 3.32. The second-order valence-corrected chi connectivity index (χ2v) is 7.10. The van der Waals surface area contributed by atoms with Crippen LogP contribution in [0.4, 0.5) is 0 Å². The van der Waals surface area contributed by atoms with Gasteiger partial charge in [-0.25, -0.2) is 0 Å². The number of benzene rings is 1. The monoisotopic (exact) mass is 375 g/mol. The van der Waals surface area contributed by atoms with Crippen LogP contribution >= 0.6 is 0 Å². The molecule has 150 valence electrons. The van der Waals surface area contributed by atoms with Gasteiger partial charge >= 0.3 is 0 Å². The summed E-state index contributed by atoms with van der Waals surface area (Å²) in [6.45, 7) is 9.18. The Kier molecular flexibility index (Phi) is 8.65. The van der Waals surface area contributed by atoms with Gasteiger partial charge in [0, 0.05) is 0 Å². The third-order valence-corrected chi connectivity index (χ3v) is 4.70. The van der Waals surface area contributed by atoms with Crippen molar-refractivity contribution in [1.29, 1.82) is 0 Å². The van der Waals surface area contributed by atoms with Gasteiger partial charge in [-0.15, -0.1) is 0 Å². The number of allylic oxidation sites excluding steroid dienone is 1. The second kappa shape index (κ2) is 11.0. The predicted octanol–water partition coefficient (Wildman–Crippen LogP) is 4.99. The highest BCUT2D eigenvalue weighted by atomic mass is 16.6. The molecule has 0 saturated heterocycles. The first-order valence-electron chi connectivity index (χ1n) is 9.73. The molecule has 0 amide bonds. The van der Waals surface area contributed by atoms with E-state index in [1.165, 1.54) is 0 Å². The predicted molar refractivity (Wildman–Crippen MR) is 109 cm³/mol. The lowest BCUT2D eigenvalue weighted by atomic mass is 9.94. The normalized spacial score (nSPS) is 20.7. The van der Waals surface area contributed by atoms with Gasteiger partial charge in [-0.05, 0) is 76.6 Å². The summed E-state index contributed by atoms with van der Waals surface area (Å²) in [6, 6.07) is 4.11. The molecule has 0 N–H and O–H groups in total. The zero-order valence-electron chi connectivity index (χ0n) is 17.3. The van der Waals surface area contributed by atoms with Gasteiger partial charge in [-0.2, -0.15) is 0 Å². The topological polar surface area (TPSA) is 49.3 Å². The van der Waals surface area contributed by atoms with Crippen LogP contribution in [0.3, 0.4) is 0 Å². The lowest BCUT2D eigenvalue weighted by Gasteiger charge is -2.30. The van der Waals surface area contributed by atoms with Gasteiger partial charge in [0.05, 0.1) is 24.5 Å². The van der Waals surface area contributed by atoms with Crippen molar-refractivity contribution >= 4 is 5.71 Å². The fourth-order valence-corrected chi connectivity index (χ4v) is 3.32. The van der Waals surface area contributed by atoms with Gasteiger partial charge in [0.25, 0.3) is 0 Å². The molecule has 0 radical (unpaired) electrons. The van der Waals surface area contributed by atoms with Crippen molar-refractivity contribution < 1.29 is 19.0 Å². The van der Waals surface area contributed by atoms with Gasteiger partial charge in [0.2, 0.25) is 0 Å². The molecule has 0 unspecified atom stereocenters. The first-order chi connectivity index (χ1) is 13.0. The SMILES string of the molecule is C/C=C/COc1cc(C)c(OC2CCC(OC/C(C)=N/OC)CC2)c(C)c1. The van der Waals surface area contributed by atoms with E-state index in [9.17, 15) is 0 Å². The van der Waals surface area contributed by atoms with E-state index in [1.54, 1.807) is 7.11 Å². The molecule has 0 heterocycles. The summed E-state index contributed by atoms with van der Waals surface area (Å²) in [6.07, 6.45) is 8.53. The van der Waals surface area contributed by atoms with E-state index in [4.69, 9.17) is 19.0 Å². The lowest BCUT2D eigenvalue weighted by Crippen LogP contribution is -2.29. The van der Waals surface area contributed by atoms with Crippen LogP contribution in [0.2, 0.25) is 0 Å². The summed E-state index contributed by atoms with van der Waals surface area (Å²) < 4.78 is 18.0. The molecular formula is C22H33NO4. The zero-order chi connectivity index (χ0) is 19.6. The molecule has 5 nitrogen and oxygen atoms in total. The van der Waals surface area contributed by atoms with Crippen molar-refractivity contribution in [3.8, 4) is 11.5 Å². The van der Waals surface area contributed by atoms with Gasteiger partial charge in [-0.1, -0.05) is 17.3 Å². The lowest BCUT2D eigenvalue weighted by molar-refractivity contribution is 0.0190. The van der Waals surface area contributed by atoms with Crippen molar-refractivity contribution in [3.63, 3.8) is 0 Å². The Labute approximate surface area is 163 Å². The molecule has 0 aromatic heterocycles. The van der Waals surface area contributed by atoms with E-state index in [2.05, 4.69) is 31.1 Å². The molecule has 5 heteroatoms. The van der Waals surface area contributed by atoms with E-state index in [1.807, 2.05) is 26.0 Å². The molecule has 1 aliphatic rings. The summed E-state index contributed by atoms with van der Waals surface area (Å²) in [5, 5.41) is 3.88. The number of nitrogens with zero attached hydrogens (tertiary/aromatic N) is 1. The van der Waals surface area contributed by atoms with Crippen LogP contribution in [0.15, 0.2) is 29.4 Å². The molecule has 1 aromatic carbocycles. The highest BCUT2D eigenvalue weighted by Gasteiger charge is 2.24. The first-order valence-corrected chi connectivity index (χ1v) is 9.73. The van der Waals surface area contributed by atoms with Crippen LogP contribution in [-0.2, 0) is 9.57 Å². The summed E-state index contributed by atoms with van der Waals surface area (Å²) >= 11 is 0. The quantitative estimate of drug-likeness (QED) is 0.347. The number of oxime groups is 1. The molecule has 2 rings (SSSR count). The minimum Gasteiger partial charge on any atom is -0.490 e. The highest BCUT2D eigenvalue weighted by molar-refractivity contribution is 5.82.